The largest absolute Gasteiger partial charge is 0.307 e. The minimum atomic E-state index is 0.0642. The van der Waals surface area contributed by atoms with Crippen molar-refractivity contribution in [3.8, 4) is 0 Å². The summed E-state index contributed by atoms with van der Waals surface area (Å²) in [6.07, 6.45) is 0. The maximum atomic E-state index is 13.0. The molecule has 0 saturated heterocycles. The average molecular weight is 416 g/mol. The number of aromatic nitrogens is 2. The fraction of sp³-hybridized carbons (Fsp3) is 0.250. The van der Waals surface area contributed by atoms with Gasteiger partial charge in [0, 0.05) is 5.69 Å². The Kier molecular flexibility index (Phi) is 7.32. The molecule has 0 atom stereocenters. The van der Waals surface area contributed by atoms with E-state index in [2.05, 4.69) is 17.1 Å². The molecule has 1 aromatic heterocycles. The second-order valence-electron chi connectivity index (χ2n) is 5.86. The molecule has 0 aliphatic carbocycles. The van der Waals surface area contributed by atoms with Gasteiger partial charge in [0.1, 0.15) is 0 Å². The molecule has 140 valence electrons. The molecular weight excluding hydrogens is 394 g/mol. The highest BCUT2D eigenvalue weighted by atomic mass is 32.2. The van der Waals surface area contributed by atoms with Crippen LogP contribution in [-0.2, 0) is 11.3 Å². The van der Waals surface area contributed by atoms with E-state index in [0.717, 1.165) is 31.2 Å². The average Bonchev–Trinajstić information content (AvgIpc) is 3.13. The molecule has 4 nitrogen and oxygen atoms in total. The highest BCUT2D eigenvalue weighted by molar-refractivity contribution is 8.03. The van der Waals surface area contributed by atoms with Gasteiger partial charge in [-0.25, -0.2) is 0 Å². The van der Waals surface area contributed by atoms with Gasteiger partial charge in [0.15, 0.2) is 8.68 Å². The fourth-order valence-corrected chi connectivity index (χ4v) is 5.32. The first kappa shape index (κ1) is 19.9. The van der Waals surface area contributed by atoms with Crippen LogP contribution in [0.15, 0.2) is 63.3 Å². The number of carbonyl (C=O) groups is 1. The topological polar surface area (TPSA) is 46.1 Å². The summed E-state index contributed by atoms with van der Waals surface area (Å²) >= 11 is 4.67. The first-order chi connectivity index (χ1) is 13.2. The van der Waals surface area contributed by atoms with Crippen LogP contribution in [0.2, 0.25) is 0 Å². The summed E-state index contributed by atoms with van der Waals surface area (Å²) in [5, 5.41) is 8.33. The van der Waals surface area contributed by atoms with Crippen molar-refractivity contribution in [1.29, 1.82) is 0 Å². The van der Waals surface area contributed by atoms with Crippen molar-refractivity contribution in [3.63, 3.8) is 0 Å². The summed E-state index contributed by atoms with van der Waals surface area (Å²) in [4.78, 5) is 14.9. The quantitative estimate of drug-likeness (QED) is 0.468. The predicted molar refractivity (Wildman–Crippen MR) is 116 cm³/mol. The number of carbonyl (C=O) groups excluding carboxylic acids is 1. The smallest absolute Gasteiger partial charge is 0.237 e. The molecule has 0 radical (unpaired) electrons. The van der Waals surface area contributed by atoms with Crippen LogP contribution in [0, 0.1) is 6.92 Å². The van der Waals surface area contributed by atoms with Gasteiger partial charge in [-0.3, -0.25) is 4.79 Å². The third-order valence-electron chi connectivity index (χ3n) is 3.77. The first-order valence-electron chi connectivity index (χ1n) is 8.65. The molecule has 27 heavy (non-hydrogen) atoms. The summed E-state index contributed by atoms with van der Waals surface area (Å²) in [5.74, 6) is 1.37. The number of benzene rings is 2. The zero-order chi connectivity index (χ0) is 19.1. The van der Waals surface area contributed by atoms with Crippen molar-refractivity contribution in [2.75, 3.05) is 16.4 Å². The van der Waals surface area contributed by atoms with Crippen LogP contribution in [0.3, 0.4) is 0 Å². The van der Waals surface area contributed by atoms with Gasteiger partial charge in [-0.05, 0) is 35.9 Å². The molecule has 0 bridgehead atoms. The molecule has 0 aliphatic rings. The van der Waals surface area contributed by atoms with E-state index in [9.17, 15) is 4.79 Å². The molecule has 0 unspecified atom stereocenters. The van der Waals surface area contributed by atoms with Crippen LogP contribution >= 0.6 is 34.9 Å². The number of aryl methyl sites for hydroxylation is 1. The van der Waals surface area contributed by atoms with E-state index in [4.69, 9.17) is 0 Å². The van der Waals surface area contributed by atoms with Gasteiger partial charge in [0.05, 0.1) is 12.3 Å². The highest BCUT2D eigenvalue weighted by Crippen LogP contribution is 2.29. The number of rotatable bonds is 8. The molecule has 7 heteroatoms. The van der Waals surface area contributed by atoms with Crippen molar-refractivity contribution in [1.82, 2.24) is 10.2 Å². The lowest BCUT2D eigenvalue weighted by atomic mass is 10.1. The normalized spacial score (nSPS) is 10.7. The molecular formula is C20H21N3OS3. The Morgan fingerprint density at radius 1 is 1.04 bits per heavy atom. The second kappa shape index (κ2) is 9.92. The van der Waals surface area contributed by atoms with Gasteiger partial charge in [0.2, 0.25) is 5.91 Å². The monoisotopic (exact) mass is 415 g/mol. The van der Waals surface area contributed by atoms with E-state index >= 15 is 0 Å². The Hall–Kier alpha value is -1.83. The standard InChI is InChI=1S/C20H21N3OS3/c1-3-25-19-21-22-20(27-19)26-14-18(24)23(13-16-9-5-4-6-10-16)17-11-7-8-15(2)12-17/h4-12H,3,13-14H2,1-2H3. The lowest BCUT2D eigenvalue weighted by molar-refractivity contribution is -0.116. The SMILES string of the molecule is CCSc1nnc(SCC(=O)N(Cc2ccccc2)c2cccc(C)c2)s1. The van der Waals surface area contributed by atoms with Gasteiger partial charge >= 0.3 is 0 Å². The Bertz CT molecular complexity index is 883. The lowest BCUT2D eigenvalue weighted by Gasteiger charge is -2.23. The van der Waals surface area contributed by atoms with E-state index in [1.54, 1.807) is 23.1 Å². The Morgan fingerprint density at radius 2 is 1.78 bits per heavy atom. The molecule has 2 aromatic carbocycles. The van der Waals surface area contributed by atoms with E-state index < -0.39 is 0 Å². The number of hydrogen-bond donors (Lipinski definition) is 0. The first-order valence-corrected chi connectivity index (χ1v) is 11.4. The van der Waals surface area contributed by atoms with Crippen molar-refractivity contribution in [2.24, 2.45) is 0 Å². The zero-order valence-corrected chi connectivity index (χ0v) is 17.7. The third-order valence-corrected chi connectivity index (χ3v) is 6.83. The number of anilines is 1. The second-order valence-corrected chi connectivity index (χ2v) is 9.57. The van der Waals surface area contributed by atoms with Gasteiger partial charge in [0.25, 0.3) is 0 Å². The van der Waals surface area contributed by atoms with E-state index in [1.807, 2.05) is 66.4 Å². The van der Waals surface area contributed by atoms with Crippen molar-refractivity contribution in [2.45, 2.75) is 29.1 Å². The van der Waals surface area contributed by atoms with Gasteiger partial charge in [-0.1, -0.05) is 84.2 Å². The molecule has 0 fully saturated rings. The number of amides is 1. The van der Waals surface area contributed by atoms with Crippen molar-refractivity contribution < 1.29 is 4.79 Å². The van der Waals surface area contributed by atoms with Gasteiger partial charge in [-0.15, -0.1) is 10.2 Å². The summed E-state index contributed by atoms with van der Waals surface area (Å²) in [7, 11) is 0. The zero-order valence-electron chi connectivity index (χ0n) is 15.3. The lowest BCUT2D eigenvalue weighted by Crippen LogP contribution is -2.32. The summed E-state index contributed by atoms with van der Waals surface area (Å²) < 4.78 is 1.79. The Balaban J connectivity index is 1.73. The molecule has 3 aromatic rings. The summed E-state index contributed by atoms with van der Waals surface area (Å²) in [6, 6.07) is 18.1. The number of nitrogens with zero attached hydrogens (tertiary/aromatic N) is 3. The van der Waals surface area contributed by atoms with Gasteiger partial charge < -0.3 is 4.90 Å². The number of thioether (sulfide) groups is 2. The van der Waals surface area contributed by atoms with E-state index in [-0.39, 0.29) is 5.91 Å². The van der Waals surface area contributed by atoms with Crippen LogP contribution < -0.4 is 4.90 Å². The summed E-state index contributed by atoms with van der Waals surface area (Å²) in [6.45, 7) is 4.68. The Labute approximate surface area is 172 Å². The van der Waals surface area contributed by atoms with Crippen LogP contribution in [-0.4, -0.2) is 27.6 Å². The molecule has 0 aliphatic heterocycles. The van der Waals surface area contributed by atoms with Crippen LogP contribution in [0.5, 0.6) is 0 Å². The maximum absolute atomic E-state index is 13.0. The van der Waals surface area contributed by atoms with Crippen LogP contribution in [0.25, 0.3) is 0 Å². The van der Waals surface area contributed by atoms with Crippen molar-refractivity contribution in [3.05, 3.63) is 65.7 Å². The van der Waals surface area contributed by atoms with Crippen molar-refractivity contribution >= 4 is 46.5 Å². The van der Waals surface area contributed by atoms with Gasteiger partial charge in [-0.2, -0.15) is 0 Å². The molecule has 0 N–H and O–H groups in total. The molecule has 0 saturated carbocycles. The van der Waals surface area contributed by atoms with E-state index in [1.165, 1.54) is 11.8 Å². The number of hydrogen-bond acceptors (Lipinski definition) is 6. The maximum Gasteiger partial charge on any atom is 0.237 e. The van der Waals surface area contributed by atoms with Crippen LogP contribution in [0.4, 0.5) is 5.69 Å². The van der Waals surface area contributed by atoms with Crippen LogP contribution in [0.1, 0.15) is 18.1 Å². The molecule has 3 rings (SSSR count). The molecule has 1 amide bonds. The third kappa shape index (κ3) is 5.82. The minimum Gasteiger partial charge on any atom is -0.307 e. The fourth-order valence-electron chi connectivity index (χ4n) is 2.52. The Morgan fingerprint density at radius 3 is 2.48 bits per heavy atom. The predicted octanol–water partition coefficient (Wildman–Crippen LogP) is 5.28. The summed E-state index contributed by atoms with van der Waals surface area (Å²) in [5.41, 5.74) is 3.16. The minimum absolute atomic E-state index is 0.0642. The highest BCUT2D eigenvalue weighted by Gasteiger charge is 2.18. The van der Waals surface area contributed by atoms with E-state index in [0.29, 0.717) is 12.3 Å². The molecule has 1 heterocycles. The molecule has 0 spiro atoms.